The number of pyridine rings is 1. The summed E-state index contributed by atoms with van der Waals surface area (Å²) in [5.41, 5.74) is 23.5. The van der Waals surface area contributed by atoms with Crippen LogP contribution in [0.3, 0.4) is 0 Å². The van der Waals surface area contributed by atoms with Crippen molar-refractivity contribution >= 4 is 46.4 Å². The molecule has 0 spiro atoms. The summed E-state index contributed by atoms with van der Waals surface area (Å²) >= 11 is 2.55. The number of nitrogens with zero attached hydrogens (tertiary/aromatic N) is 5. The minimum absolute atomic E-state index is 0.0636. The van der Waals surface area contributed by atoms with Crippen molar-refractivity contribution < 1.29 is 24.1 Å². The number of anilines is 4. The number of aromatic nitrogens is 3. The average molecular weight is 1220 g/mol. The summed E-state index contributed by atoms with van der Waals surface area (Å²) < 4.78 is 13.1. The standard InChI is InChI=1S/C72H60BN5O.Pt/c1-70(2,3)48-41-47(42-49(43-48)71(4,5)6)52-28-21-27-51(46-23-11-10-12-24-46)68(52)76-45-75(61-33-17-18-34-62(61)76)50-37-38-55(53-25-13-15-31-59(53)72(7,8)9)65(44-50)79-66-40-39-58-57-30-22-29-56-54-26-14-16-32-60(54)77-63-35-19-20-36-64(63)78(69(58)74-66)73(77)67(56)57;/h10-35,37-43H,1-9H3;/q-2;. The van der Waals surface area contributed by atoms with Crippen molar-refractivity contribution in [3.05, 3.63) is 233 Å². The summed E-state index contributed by atoms with van der Waals surface area (Å²) in [4.78, 5) is 10.4. The predicted octanol–water partition coefficient (Wildman–Crippen LogP) is 17.8. The summed E-state index contributed by atoms with van der Waals surface area (Å²) in [6, 6.07) is 80.3. The molecule has 5 heterocycles. The molecule has 9 aromatic carbocycles. The maximum absolute atomic E-state index is 7.34. The van der Waals surface area contributed by atoms with E-state index in [0.717, 1.165) is 76.8 Å². The Balaban J connectivity index is 0.978. The molecule has 6 nitrogen and oxygen atoms in total. The fraction of sp³-hybridized carbons (Fsp3) is 0.167. The first-order chi connectivity index (χ1) is 38.5. The van der Waals surface area contributed by atoms with Crippen LogP contribution < -0.4 is 19.8 Å². The first-order valence-electron chi connectivity index (χ1n) is 27.7. The van der Waals surface area contributed by atoms with Gasteiger partial charge in [0.05, 0.1) is 0 Å². The van der Waals surface area contributed by atoms with Crippen molar-refractivity contribution in [2.75, 3.05) is 9.62 Å². The van der Waals surface area contributed by atoms with Crippen molar-refractivity contribution in [3.63, 3.8) is 0 Å². The molecule has 3 aliphatic heterocycles. The van der Waals surface area contributed by atoms with Crippen molar-refractivity contribution in [1.29, 1.82) is 0 Å². The van der Waals surface area contributed by atoms with Crippen LogP contribution in [-0.4, -0.2) is 21.1 Å². The molecule has 14 rings (SSSR count). The van der Waals surface area contributed by atoms with E-state index in [-0.39, 0.29) is 23.2 Å². The molecule has 0 saturated carbocycles. The number of rotatable bonds is 7. The molecular weight excluding hydrogens is 1160 g/mol. The van der Waals surface area contributed by atoms with Crippen molar-refractivity contribution in [3.8, 4) is 78.6 Å². The molecule has 8 heteroatoms. The van der Waals surface area contributed by atoms with Gasteiger partial charge < -0.3 is 0 Å². The summed E-state index contributed by atoms with van der Waals surface area (Å²) in [5, 5.41) is 0. The molecule has 0 aliphatic carbocycles. The second-order valence-corrected chi connectivity index (χ2v) is 25.6. The van der Waals surface area contributed by atoms with E-state index < -0.39 is 0 Å². The zero-order valence-corrected chi connectivity index (χ0v) is 48.9. The third-order valence-corrected chi connectivity index (χ3v) is 17.4. The molecule has 0 atom stereocenters. The van der Waals surface area contributed by atoms with Gasteiger partial charge in [0.1, 0.15) is 0 Å². The zero-order valence-electron chi connectivity index (χ0n) is 46.6. The number of para-hydroxylation sites is 5. The van der Waals surface area contributed by atoms with Gasteiger partial charge in [-0.05, 0) is 11.6 Å². The van der Waals surface area contributed by atoms with Crippen molar-refractivity contribution in [2.24, 2.45) is 0 Å². The summed E-state index contributed by atoms with van der Waals surface area (Å²) in [6.07, 6.45) is 0. The molecule has 0 unspecified atom stereocenters. The summed E-state index contributed by atoms with van der Waals surface area (Å²) in [6.45, 7) is 20.6. The van der Waals surface area contributed by atoms with Gasteiger partial charge in [-0.3, -0.25) is 0 Å². The molecule has 0 N–H and O–H groups in total. The third kappa shape index (κ3) is 7.94. The zero-order chi connectivity index (χ0) is 55.0. The Morgan fingerprint density at radius 1 is 0.475 bits per heavy atom. The first kappa shape index (κ1) is 50.0. The fourth-order valence-electron chi connectivity index (χ4n) is 12.5. The number of hydrogen-bond donors (Lipinski definition) is 0. The van der Waals surface area contributed by atoms with Gasteiger partial charge in [-0.1, -0.05) is 30.3 Å². The molecule has 0 radical (unpaired) electrons. The van der Waals surface area contributed by atoms with Gasteiger partial charge >= 0.3 is 413 Å². The maximum atomic E-state index is 7.34. The number of hydrogen-bond acceptors (Lipinski definition) is 4. The van der Waals surface area contributed by atoms with E-state index in [2.05, 4.69) is 301 Å². The Kier molecular flexibility index (Phi) is 11.5. The number of benzene rings is 9. The van der Waals surface area contributed by atoms with Crippen LogP contribution in [0.1, 0.15) is 79.0 Å². The van der Waals surface area contributed by atoms with Crippen LogP contribution in [0.25, 0.3) is 78.0 Å². The molecule has 0 saturated heterocycles. The summed E-state index contributed by atoms with van der Waals surface area (Å²) in [7, 11) is 0. The number of fused-ring (bicyclic) bond motifs is 10. The average Bonchev–Trinajstić information content (AvgIpc) is 4.19. The molecule has 0 bridgehead atoms. The molecule has 80 heavy (non-hydrogen) atoms. The van der Waals surface area contributed by atoms with Gasteiger partial charge in [0.25, 0.3) is 0 Å². The molecule has 3 aliphatic rings. The van der Waals surface area contributed by atoms with Gasteiger partial charge in [0, 0.05) is 11.3 Å². The molecular formula is C72H60BN5OPt-2. The number of imidazole rings is 1. The van der Waals surface area contributed by atoms with E-state index in [9.17, 15) is 0 Å². The van der Waals surface area contributed by atoms with Crippen LogP contribution in [0, 0.1) is 15.9 Å². The van der Waals surface area contributed by atoms with E-state index >= 15 is 0 Å². The quantitative estimate of drug-likeness (QED) is 0.118. The Hall–Kier alpha value is -8.25. The van der Waals surface area contributed by atoms with Gasteiger partial charge in [0.15, 0.2) is 0 Å². The first-order valence-corrected chi connectivity index (χ1v) is 28.9. The second-order valence-electron chi connectivity index (χ2n) is 24.6. The normalized spacial score (nSPS) is 13.3. The predicted molar refractivity (Wildman–Crippen MR) is 327 cm³/mol. The number of ether oxygens (including phenoxy) is 1. The van der Waals surface area contributed by atoms with E-state index in [4.69, 9.17) is 9.72 Å². The molecule has 11 aromatic rings. The van der Waals surface area contributed by atoms with E-state index in [1.54, 1.807) is 0 Å². The monoisotopic (exact) mass is 1220 g/mol. The van der Waals surface area contributed by atoms with Crippen LogP contribution in [0.4, 0.5) is 22.9 Å². The Morgan fingerprint density at radius 2 is 1.06 bits per heavy atom. The Labute approximate surface area is 481 Å². The third-order valence-electron chi connectivity index (χ3n) is 16.4. The van der Waals surface area contributed by atoms with Crippen LogP contribution in [0.15, 0.2) is 200 Å². The van der Waals surface area contributed by atoms with E-state index in [1.165, 1.54) is 50.1 Å². The molecule has 2 aromatic heterocycles. The van der Waals surface area contributed by atoms with E-state index in [1.807, 2.05) is 12.1 Å². The van der Waals surface area contributed by atoms with E-state index in [0.29, 0.717) is 11.6 Å². The van der Waals surface area contributed by atoms with Crippen LogP contribution >= 0.6 is 0 Å². The topological polar surface area (TPSA) is 38.5 Å². The summed E-state index contributed by atoms with van der Waals surface area (Å²) in [5.74, 6) is 1.90. The van der Waals surface area contributed by atoms with Crippen LogP contribution in [-0.2, 0) is 35.6 Å². The molecule has 0 amide bonds. The SMILES string of the molecule is CC(C)(C)c1cc(-c2cccc(-c3ccccc3)c2-n2[c](=[Pt])n(-c3[c-]c(Oc4ccc5c(n4)N4B6c7c(cccc7-5)-c5ccccc5N6c5ccc[c-]c54)c(-c4ccccc4C(C)(C)C)cc3)c3ccccc32)cc(C(C)(C)C)c1. The van der Waals surface area contributed by atoms with Gasteiger partial charge in [-0.2, -0.15) is 12.1 Å². The fourth-order valence-corrected chi connectivity index (χ4v) is 13.5. The minimum atomic E-state index is -0.158. The molecule has 394 valence electrons. The Morgan fingerprint density at radius 3 is 1.77 bits per heavy atom. The second kappa shape index (κ2) is 18.4. The van der Waals surface area contributed by atoms with Gasteiger partial charge in [-0.25, -0.2) is 0 Å². The van der Waals surface area contributed by atoms with Gasteiger partial charge in [0.2, 0.25) is 0 Å². The molecule has 0 fully saturated rings. The van der Waals surface area contributed by atoms with Crippen LogP contribution in [0.5, 0.6) is 11.6 Å². The van der Waals surface area contributed by atoms with Crippen LogP contribution in [0.2, 0.25) is 0 Å². The van der Waals surface area contributed by atoms with Crippen molar-refractivity contribution in [2.45, 2.75) is 78.6 Å². The van der Waals surface area contributed by atoms with Gasteiger partial charge in [-0.15, -0.1) is 6.07 Å². The van der Waals surface area contributed by atoms with Crippen molar-refractivity contribution in [1.82, 2.24) is 14.1 Å². The Bertz CT molecular complexity index is 4370.